The zero-order chi connectivity index (χ0) is 20.5. The summed E-state index contributed by atoms with van der Waals surface area (Å²) in [5.74, 6) is -0.453. The van der Waals surface area contributed by atoms with E-state index in [-0.39, 0.29) is 23.2 Å². The summed E-state index contributed by atoms with van der Waals surface area (Å²) in [6.45, 7) is 0.901. The van der Waals surface area contributed by atoms with E-state index in [4.69, 9.17) is 32.7 Å². The molecule has 0 N–H and O–H groups in total. The van der Waals surface area contributed by atoms with E-state index in [1.54, 1.807) is 11.0 Å². The van der Waals surface area contributed by atoms with Gasteiger partial charge in [-0.2, -0.15) is 0 Å². The smallest absolute Gasteiger partial charge is 0.272 e. The van der Waals surface area contributed by atoms with Crippen molar-refractivity contribution in [2.75, 3.05) is 26.8 Å². The highest BCUT2D eigenvalue weighted by Crippen LogP contribution is 2.33. The Labute approximate surface area is 176 Å². The highest BCUT2D eigenvalue weighted by Gasteiger charge is 2.29. The van der Waals surface area contributed by atoms with Gasteiger partial charge < -0.3 is 14.4 Å². The number of halogens is 3. The molecule has 1 saturated heterocycles. The minimum atomic E-state index is -0.584. The van der Waals surface area contributed by atoms with Gasteiger partial charge in [-0.05, 0) is 29.7 Å². The van der Waals surface area contributed by atoms with E-state index >= 15 is 0 Å². The topological polar surface area (TPSA) is 51.7 Å². The Kier molecular flexibility index (Phi) is 5.58. The molecule has 0 saturated carbocycles. The molecule has 5 nitrogen and oxygen atoms in total. The third-order valence-electron chi connectivity index (χ3n) is 4.86. The maximum absolute atomic E-state index is 13.9. The highest BCUT2D eigenvalue weighted by molar-refractivity contribution is 6.35. The largest absolute Gasteiger partial charge is 0.481 e. The Bertz CT molecular complexity index is 1090. The molecule has 3 aromatic rings. The van der Waals surface area contributed by atoms with Crippen LogP contribution in [-0.2, 0) is 4.74 Å². The summed E-state index contributed by atoms with van der Waals surface area (Å²) in [5, 5.41) is 1.92. The second kappa shape index (κ2) is 8.14. The van der Waals surface area contributed by atoms with Crippen molar-refractivity contribution in [3.05, 3.63) is 69.6 Å². The minimum absolute atomic E-state index is 0.0602. The van der Waals surface area contributed by atoms with Crippen LogP contribution in [0.4, 0.5) is 4.39 Å². The average Bonchev–Trinajstić information content (AvgIpc) is 2.75. The number of nitrogens with zero attached hydrogens (tertiary/aromatic N) is 2. The molecule has 1 unspecified atom stereocenters. The Morgan fingerprint density at radius 1 is 1.24 bits per heavy atom. The highest BCUT2D eigenvalue weighted by atomic mass is 35.5. The zero-order valence-electron chi connectivity index (χ0n) is 15.5. The molecule has 1 aliphatic rings. The van der Waals surface area contributed by atoms with Gasteiger partial charge in [-0.1, -0.05) is 41.4 Å². The molecule has 4 rings (SSSR count). The monoisotopic (exact) mass is 434 g/mol. The van der Waals surface area contributed by atoms with Gasteiger partial charge in [0, 0.05) is 22.5 Å². The SMILES string of the molecule is COc1nc(C(=O)N2CCOC(c3cc(F)c(Cl)cc3Cl)C2)cc2ccccc12. The van der Waals surface area contributed by atoms with Crippen LogP contribution in [0.25, 0.3) is 10.8 Å². The van der Waals surface area contributed by atoms with Crippen molar-refractivity contribution in [3.63, 3.8) is 0 Å². The number of rotatable bonds is 3. The maximum Gasteiger partial charge on any atom is 0.272 e. The van der Waals surface area contributed by atoms with Gasteiger partial charge in [0.2, 0.25) is 5.88 Å². The molecule has 0 bridgehead atoms. The first-order valence-corrected chi connectivity index (χ1v) is 9.72. The van der Waals surface area contributed by atoms with Crippen LogP contribution in [-0.4, -0.2) is 42.6 Å². The van der Waals surface area contributed by atoms with Crippen LogP contribution in [0.5, 0.6) is 5.88 Å². The molecule has 0 spiro atoms. The van der Waals surface area contributed by atoms with E-state index in [9.17, 15) is 9.18 Å². The number of pyridine rings is 1. The van der Waals surface area contributed by atoms with Crippen LogP contribution in [0.15, 0.2) is 42.5 Å². The Morgan fingerprint density at radius 2 is 2.03 bits per heavy atom. The summed E-state index contributed by atoms with van der Waals surface area (Å²) in [6, 6.07) is 11.9. The number of aromatic nitrogens is 1. The van der Waals surface area contributed by atoms with Gasteiger partial charge in [0.25, 0.3) is 5.91 Å². The first-order chi connectivity index (χ1) is 14.0. The van der Waals surface area contributed by atoms with Crippen LogP contribution in [0.2, 0.25) is 10.0 Å². The zero-order valence-corrected chi connectivity index (χ0v) is 17.0. The summed E-state index contributed by atoms with van der Waals surface area (Å²) in [4.78, 5) is 19.1. The number of morpholine rings is 1. The molecule has 1 amide bonds. The summed E-state index contributed by atoms with van der Waals surface area (Å²) >= 11 is 12.0. The lowest BCUT2D eigenvalue weighted by molar-refractivity contribution is -0.0230. The second-order valence-corrected chi connectivity index (χ2v) is 7.45. The molecule has 2 aromatic carbocycles. The fourth-order valence-electron chi connectivity index (χ4n) is 3.40. The lowest BCUT2D eigenvalue weighted by atomic mass is 10.1. The van der Waals surface area contributed by atoms with Gasteiger partial charge in [0.15, 0.2) is 0 Å². The van der Waals surface area contributed by atoms with Crippen molar-refractivity contribution in [1.29, 1.82) is 0 Å². The van der Waals surface area contributed by atoms with Crippen LogP contribution in [0.1, 0.15) is 22.2 Å². The van der Waals surface area contributed by atoms with Gasteiger partial charge in [-0.3, -0.25) is 4.79 Å². The summed E-state index contributed by atoms with van der Waals surface area (Å²) in [6.07, 6.45) is -0.561. The van der Waals surface area contributed by atoms with E-state index in [1.807, 2.05) is 24.3 Å². The summed E-state index contributed by atoms with van der Waals surface area (Å²) in [7, 11) is 1.52. The van der Waals surface area contributed by atoms with Crippen molar-refractivity contribution >= 4 is 39.9 Å². The van der Waals surface area contributed by atoms with Crippen molar-refractivity contribution in [3.8, 4) is 5.88 Å². The Balaban J connectivity index is 1.63. The Hall–Kier alpha value is -2.41. The number of ether oxygens (including phenoxy) is 2. The number of carbonyl (C=O) groups excluding carboxylic acids is 1. The van der Waals surface area contributed by atoms with E-state index in [1.165, 1.54) is 19.2 Å². The van der Waals surface area contributed by atoms with Gasteiger partial charge in [0.1, 0.15) is 17.6 Å². The summed E-state index contributed by atoms with van der Waals surface area (Å²) < 4.78 is 25.0. The quantitative estimate of drug-likeness (QED) is 0.549. The second-order valence-electron chi connectivity index (χ2n) is 6.64. The van der Waals surface area contributed by atoms with Gasteiger partial charge in [-0.25, -0.2) is 9.37 Å². The van der Waals surface area contributed by atoms with Crippen molar-refractivity contribution in [2.24, 2.45) is 0 Å². The fourth-order valence-corrected chi connectivity index (χ4v) is 3.91. The third-order valence-corrected chi connectivity index (χ3v) is 5.48. The lowest BCUT2D eigenvalue weighted by Gasteiger charge is -2.33. The minimum Gasteiger partial charge on any atom is -0.481 e. The molecule has 0 aliphatic carbocycles. The molecule has 1 aliphatic heterocycles. The van der Waals surface area contributed by atoms with E-state index in [0.717, 1.165) is 10.8 Å². The number of fused-ring (bicyclic) bond motifs is 1. The fraction of sp³-hybridized carbons (Fsp3) is 0.238. The molecule has 2 heterocycles. The number of hydrogen-bond acceptors (Lipinski definition) is 4. The van der Waals surface area contributed by atoms with Crippen LogP contribution < -0.4 is 4.74 Å². The lowest BCUT2D eigenvalue weighted by Crippen LogP contribution is -2.42. The Morgan fingerprint density at radius 3 is 2.83 bits per heavy atom. The van der Waals surface area contributed by atoms with Crippen molar-refractivity contribution in [1.82, 2.24) is 9.88 Å². The molecule has 150 valence electrons. The predicted molar refractivity (Wildman–Crippen MR) is 109 cm³/mol. The number of methoxy groups -OCH3 is 1. The van der Waals surface area contributed by atoms with Crippen LogP contribution in [0.3, 0.4) is 0 Å². The average molecular weight is 435 g/mol. The number of hydrogen-bond donors (Lipinski definition) is 0. The van der Waals surface area contributed by atoms with Crippen LogP contribution >= 0.6 is 23.2 Å². The molecule has 1 atom stereocenters. The predicted octanol–water partition coefficient (Wildman–Crippen LogP) is 4.90. The van der Waals surface area contributed by atoms with E-state index in [0.29, 0.717) is 29.6 Å². The van der Waals surface area contributed by atoms with E-state index < -0.39 is 11.9 Å². The van der Waals surface area contributed by atoms with Crippen molar-refractivity contribution < 1.29 is 18.7 Å². The van der Waals surface area contributed by atoms with Gasteiger partial charge in [-0.15, -0.1) is 0 Å². The molecule has 1 aromatic heterocycles. The molecule has 1 fully saturated rings. The third kappa shape index (κ3) is 3.88. The normalized spacial score (nSPS) is 16.8. The molecular formula is C21H17Cl2FN2O3. The van der Waals surface area contributed by atoms with Crippen LogP contribution in [0, 0.1) is 5.82 Å². The maximum atomic E-state index is 13.9. The number of benzene rings is 2. The molecule has 29 heavy (non-hydrogen) atoms. The van der Waals surface area contributed by atoms with Gasteiger partial charge in [0.05, 0.1) is 25.3 Å². The van der Waals surface area contributed by atoms with Crippen molar-refractivity contribution in [2.45, 2.75) is 6.10 Å². The number of amides is 1. The first kappa shape index (κ1) is 19.9. The summed E-state index contributed by atoms with van der Waals surface area (Å²) in [5.41, 5.74) is 0.727. The molecule has 0 radical (unpaired) electrons. The number of carbonyl (C=O) groups is 1. The standard InChI is InChI=1S/C21H17Cl2FN2O3/c1-28-20-13-5-3-2-4-12(13)8-18(25-20)21(27)26-6-7-29-19(11-26)14-9-17(24)16(23)10-15(14)22/h2-5,8-10,19H,6-7,11H2,1H3. The van der Waals surface area contributed by atoms with Gasteiger partial charge >= 0.3 is 0 Å². The first-order valence-electron chi connectivity index (χ1n) is 8.97. The molecule has 8 heteroatoms. The van der Waals surface area contributed by atoms with E-state index in [2.05, 4.69) is 4.98 Å². The molecular weight excluding hydrogens is 418 g/mol.